The Morgan fingerprint density at radius 2 is 2.10 bits per heavy atom. The molecule has 0 fully saturated rings. The van der Waals surface area contributed by atoms with E-state index >= 15 is 0 Å². The summed E-state index contributed by atoms with van der Waals surface area (Å²) in [5.74, 6) is -2.00. The second-order valence-electron chi connectivity index (χ2n) is 4.04. The van der Waals surface area contributed by atoms with Gasteiger partial charge in [-0.15, -0.1) is 12.4 Å². The molecule has 1 aromatic carbocycles. The van der Waals surface area contributed by atoms with Crippen LogP contribution in [0.3, 0.4) is 0 Å². The Morgan fingerprint density at radius 3 is 2.65 bits per heavy atom. The molecule has 0 aromatic heterocycles. The summed E-state index contributed by atoms with van der Waals surface area (Å²) >= 11 is 5.87. The lowest BCUT2D eigenvalue weighted by Crippen LogP contribution is -2.37. The summed E-state index contributed by atoms with van der Waals surface area (Å²) in [6.07, 6.45) is 0. The molecule has 0 bridgehead atoms. The first-order chi connectivity index (χ1) is 8.90. The number of carboxylic acid groups (broad SMARTS) is 1. The van der Waals surface area contributed by atoms with Gasteiger partial charge in [0, 0.05) is 17.1 Å². The van der Waals surface area contributed by atoms with Gasteiger partial charge in [0.1, 0.15) is 12.4 Å². The summed E-state index contributed by atoms with van der Waals surface area (Å²) in [5.41, 5.74) is 0.303. The van der Waals surface area contributed by atoms with Crippen LogP contribution in [-0.4, -0.2) is 42.0 Å². The topological polar surface area (TPSA) is 69.6 Å². The summed E-state index contributed by atoms with van der Waals surface area (Å²) in [4.78, 5) is 23.2. The van der Waals surface area contributed by atoms with Crippen molar-refractivity contribution in [2.45, 2.75) is 6.54 Å². The number of carbonyl (C=O) groups is 2. The maximum absolute atomic E-state index is 13.5. The fourth-order valence-corrected chi connectivity index (χ4v) is 1.71. The zero-order chi connectivity index (χ0) is 14.4. The molecule has 1 aromatic rings. The van der Waals surface area contributed by atoms with Crippen LogP contribution in [0.15, 0.2) is 18.2 Å². The van der Waals surface area contributed by atoms with Gasteiger partial charge in [-0.25, -0.2) is 4.39 Å². The van der Waals surface area contributed by atoms with E-state index < -0.39 is 24.2 Å². The molecule has 0 atom stereocenters. The Hall–Kier alpha value is -1.37. The molecule has 1 amide bonds. The predicted octanol–water partition coefficient (Wildman–Crippen LogP) is 1.53. The van der Waals surface area contributed by atoms with Crippen LogP contribution in [-0.2, 0) is 16.1 Å². The minimum atomic E-state index is -1.12. The van der Waals surface area contributed by atoms with E-state index in [2.05, 4.69) is 5.32 Å². The summed E-state index contributed by atoms with van der Waals surface area (Å²) < 4.78 is 13.5. The van der Waals surface area contributed by atoms with Crippen LogP contribution in [0.4, 0.5) is 4.39 Å². The second-order valence-corrected chi connectivity index (χ2v) is 4.45. The Balaban J connectivity index is 0.00000361. The molecule has 20 heavy (non-hydrogen) atoms. The molecule has 0 aliphatic heterocycles. The summed E-state index contributed by atoms with van der Waals surface area (Å²) in [5, 5.41) is 10.9. The fraction of sp³-hybridized carbons (Fsp3) is 0.333. The highest BCUT2D eigenvalue weighted by molar-refractivity contribution is 6.31. The molecule has 0 heterocycles. The zero-order valence-electron chi connectivity index (χ0n) is 10.7. The number of nitrogens with one attached hydrogen (secondary N) is 1. The third-order valence-electron chi connectivity index (χ3n) is 2.34. The predicted molar refractivity (Wildman–Crippen MR) is 75.6 cm³/mol. The standard InChI is InChI=1S/C12H14ClFN2O3.ClH/c1-16(7-11(17)15-5-12(18)19)6-8-9(13)3-2-4-10(8)14;/h2-4H,5-7H2,1H3,(H,15,17)(H,18,19);1H. The molecule has 0 aliphatic carbocycles. The Kier molecular flexibility index (Phi) is 8.13. The van der Waals surface area contributed by atoms with Crippen molar-refractivity contribution in [2.24, 2.45) is 0 Å². The highest BCUT2D eigenvalue weighted by atomic mass is 35.5. The lowest BCUT2D eigenvalue weighted by molar-refractivity contribution is -0.138. The first-order valence-corrected chi connectivity index (χ1v) is 5.88. The summed E-state index contributed by atoms with van der Waals surface area (Å²) in [6, 6.07) is 4.36. The molecule has 0 aliphatic rings. The Morgan fingerprint density at radius 1 is 1.45 bits per heavy atom. The lowest BCUT2D eigenvalue weighted by Gasteiger charge is -2.17. The van der Waals surface area contributed by atoms with E-state index in [1.54, 1.807) is 18.0 Å². The van der Waals surface area contributed by atoms with Crippen molar-refractivity contribution in [3.8, 4) is 0 Å². The number of rotatable bonds is 6. The molecular weight excluding hydrogens is 310 g/mol. The van der Waals surface area contributed by atoms with Crippen molar-refractivity contribution in [3.05, 3.63) is 34.6 Å². The SMILES string of the molecule is CN(CC(=O)NCC(=O)O)Cc1c(F)cccc1Cl.Cl. The fourth-order valence-electron chi connectivity index (χ4n) is 1.48. The van der Waals surface area contributed by atoms with Gasteiger partial charge in [0.15, 0.2) is 0 Å². The molecule has 112 valence electrons. The van der Waals surface area contributed by atoms with Crippen molar-refractivity contribution in [1.29, 1.82) is 0 Å². The quantitative estimate of drug-likeness (QED) is 0.832. The van der Waals surface area contributed by atoms with Crippen LogP contribution >= 0.6 is 24.0 Å². The van der Waals surface area contributed by atoms with Crippen molar-refractivity contribution >= 4 is 35.9 Å². The number of likely N-dealkylation sites (N-methyl/N-ethyl adjacent to an activating group) is 1. The number of halogens is 3. The molecule has 0 spiro atoms. The number of nitrogens with zero attached hydrogens (tertiary/aromatic N) is 1. The van der Waals surface area contributed by atoms with E-state index in [1.807, 2.05) is 0 Å². The van der Waals surface area contributed by atoms with Crippen LogP contribution in [0, 0.1) is 5.82 Å². The third-order valence-corrected chi connectivity index (χ3v) is 2.69. The lowest BCUT2D eigenvalue weighted by atomic mass is 10.2. The maximum Gasteiger partial charge on any atom is 0.322 e. The summed E-state index contributed by atoms with van der Waals surface area (Å²) in [7, 11) is 1.61. The van der Waals surface area contributed by atoms with E-state index in [0.717, 1.165) is 0 Å². The zero-order valence-corrected chi connectivity index (χ0v) is 12.3. The normalized spacial score (nSPS) is 10.0. The molecule has 2 N–H and O–H groups in total. The molecule has 0 saturated carbocycles. The maximum atomic E-state index is 13.5. The van der Waals surface area contributed by atoms with Crippen LogP contribution in [0.5, 0.6) is 0 Å². The van der Waals surface area contributed by atoms with Crippen LogP contribution < -0.4 is 5.32 Å². The largest absolute Gasteiger partial charge is 0.480 e. The molecule has 0 saturated heterocycles. The van der Waals surface area contributed by atoms with Crippen molar-refractivity contribution in [1.82, 2.24) is 10.2 Å². The molecule has 8 heteroatoms. The third kappa shape index (κ3) is 6.18. The van der Waals surface area contributed by atoms with Gasteiger partial charge in [0.2, 0.25) is 5.91 Å². The number of hydrogen-bond acceptors (Lipinski definition) is 3. The van der Waals surface area contributed by atoms with Gasteiger partial charge in [0.05, 0.1) is 6.54 Å². The Labute approximate surface area is 127 Å². The molecular formula is C12H15Cl2FN2O3. The molecule has 0 unspecified atom stereocenters. The minimum absolute atomic E-state index is 0. The highest BCUT2D eigenvalue weighted by Crippen LogP contribution is 2.20. The average molecular weight is 325 g/mol. The van der Waals surface area contributed by atoms with Gasteiger partial charge in [-0.3, -0.25) is 14.5 Å². The minimum Gasteiger partial charge on any atom is -0.480 e. The van der Waals surface area contributed by atoms with Crippen LogP contribution in [0.25, 0.3) is 0 Å². The van der Waals surface area contributed by atoms with Gasteiger partial charge in [-0.1, -0.05) is 17.7 Å². The first kappa shape index (κ1) is 18.6. The highest BCUT2D eigenvalue weighted by Gasteiger charge is 2.12. The Bertz CT molecular complexity index is 466. The second kappa shape index (κ2) is 8.73. The number of carbonyl (C=O) groups excluding carboxylic acids is 1. The number of aliphatic carboxylic acids is 1. The first-order valence-electron chi connectivity index (χ1n) is 5.50. The number of carboxylic acids is 1. The smallest absolute Gasteiger partial charge is 0.322 e. The van der Waals surface area contributed by atoms with Gasteiger partial charge in [0.25, 0.3) is 0 Å². The van der Waals surface area contributed by atoms with Gasteiger partial charge >= 0.3 is 5.97 Å². The molecule has 0 radical (unpaired) electrons. The summed E-state index contributed by atoms with van der Waals surface area (Å²) in [6.45, 7) is -0.322. The van der Waals surface area contributed by atoms with E-state index in [0.29, 0.717) is 5.56 Å². The average Bonchev–Trinajstić information content (AvgIpc) is 2.31. The van der Waals surface area contributed by atoms with Crippen molar-refractivity contribution < 1.29 is 19.1 Å². The van der Waals surface area contributed by atoms with Crippen LogP contribution in [0.1, 0.15) is 5.56 Å². The number of hydrogen-bond donors (Lipinski definition) is 2. The number of amides is 1. The number of benzene rings is 1. The molecule has 1 rings (SSSR count). The van der Waals surface area contributed by atoms with Gasteiger partial charge < -0.3 is 10.4 Å². The monoisotopic (exact) mass is 324 g/mol. The van der Waals surface area contributed by atoms with Crippen LogP contribution in [0.2, 0.25) is 5.02 Å². The van der Waals surface area contributed by atoms with Crippen molar-refractivity contribution in [2.75, 3.05) is 20.1 Å². The van der Waals surface area contributed by atoms with Gasteiger partial charge in [-0.2, -0.15) is 0 Å². The van der Waals surface area contributed by atoms with E-state index in [9.17, 15) is 14.0 Å². The molecule has 5 nitrogen and oxygen atoms in total. The van der Waals surface area contributed by atoms with E-state index in [1.165, 1.54) is 12.1 Å². The van der Waals surface area contributed by atoms with E-state index in [4.69, 9.17) is 16.7 Å². The van der Waals surface area contributed by atoms with Gasteiger partial charge in [-0.05, 0) is 19.2 Å². The van der Waals surface area contributed by atoms with Crippen molar-refractivity contribution in [3.63, 3.8) is 0 Å². The van der Waals surface area contributed by atoms with E-state index in [-0.39, 0.29) is 30.5 Å².